The summed E-state index contributed by atoms with van der Waals surface area (Å²) >= 11 is 0. The Morgan fingerprint density at radius 1 is 1.16 bits per heavy atom. The molecule has 1 fully saturated rings. The highest BCUT2D eigenvalue weighted by Gasteiger charge is 2.20. The van der Waals surface area contributed by atoms with E-state index in [1.807, 2.05) is 19.2 Å². The van der Waals surface area contributed by atoms with Crippen molar-refractivity contribution in [3.05, 3.63) is 23.8 Å². The number of aliphatic imine (C=N–C) groups is 1. The number of guanidine groups is 1. The Morgan fingerprint density at radius 3 is 2.44 bits per heavy atom. The Hall–Kier alpha value is -1.95. The normalized spacial score (nSPS) is 16.2. The molecule has 0 bridgehead atoms. The molecule has 1 aromatic carbocycles. The van der Waals surface area contributed by atoms with Gasteiger partial charge >= 0.3 is 0 Å². The van der Waals surface area contributed by atoms with Crippen LogP contribution in [0.1, 0.15) is 19.4 Å². The minimum absolute atomic E-state index is 0.610. The van der Waals surface area contributed by atoms with Crippen LogP contribution in [0.25, 0.3) is 0 Å². The van der Waals surface area contributed by atoms with Gasteiger partial charge in [-0.05, 0) is 24.1 Å². The van der Waals surface area contributed by atoms with E-state index in [1.165, 1.54) is 0 Å². The predicted octanol–water partition coefficient (Wildman–Crippen LogP) is 2.05. The molecule has 1 heterocycles. The minimum Gasteiger partial charge on any atom is -0.497 e. The van der Waals surface area contributed by atoms with Crippen molar-refractivity contribution < 1.29 is 9.47 Å². The first kappa shape index (κ1) is 19.4. The van der Waals surface area contributed by atoms with Crippen LogP contribution in [-0.4, -0.2) is 69.8 Å². The first-order valence-corrected chi connectivity index (χ1v) is 8.96. The van der Waals surface area contributed by atoms with Crippen molar-refractivity contribution in [3.8, 4) is 11.5 Å². The van der Waals surface area contributed by atoms with Crippen LogP contribution in [0.4, 0.5) is 0 Å². The number of piperazine rings is 1. The molecular weight excluding hydrogens is 316 g/mol. The van der Waals surface area contributed by atoms with Crippen LogP contribution < -0.4 is 14.8 Å². The Morgan fingerprint density at radius 2 is 1.88 bits per heavy atom. The molecule has 0 aliphatic carbocycles. The third-order valence-corrected chi connectivity index (χ3v) is 4.43. The number of benzene rings is 1. The number of rotatable bonds is 6. The molecule has 1 aliphatic heterocycles. The number of hydrogen-bond donors (Lipinski definition) is 1. The molecule has 140 valence electrons. The average Bonchev–Trinajstić information content (AvgIpc) is 2.63. The van der Waals surface area contributed by atoms with Crippen LogP contribution in [0.2, 0.25) is 0 Å². The molecule has 0 aromatic heterocycles. The summed E-state index contributed by atoms with van der Waals surface area (Å²) < 4.78 is 10.8. The zero-order valence-electron chi connectivity index (χ0n) is 16.2. The maximum Gasteiger partial charge on any atom is 0.193 e. The van der Waals surface area contributed by atoms with Crippen LogP contribution in [0.15, 0.2) is 23.2 Å². The highest BCUT2D eigenvalue weighted by Crippen LogP contribution is 2.25. The lowest BCUT2D eigenvalue weighted by molar-refractivity contribution is 0.170. The fourth-order valence-electron chi connectivity index (χ4n) is 2.99. The minimum atomic E-state index is 0.610. The zero-order valence-corrected chi connectivity index (χ0v) is 16.2. The van der Waals surface area contributed by atoms with Crippen molar-refractivity contribution in [1.29, 1.82) is 0 Å². The van der Waals surface area contributed by atoms with Crippen LogP contribution in [0, 0.1) is 5.92 Å². The monoisotopic (exact) mass is 348 g/mol. The van der Waals surface area contributed by atoms with E-state index in [4.69, 9.17) is 9.47 Å². The molecule has 25 heavy (non-hydrogen) atoms. The van der Waals surface area contributed by atoms with E-state index in [1.54, 1.807) is 14.2 Å². The van der Waals surface area contributed by atoms with E-state index in [9.17, 15) is 0 Å². The van der Waals surface area contributed by atoms with Crippen LogP contribution >= 0.6 is 0 Å². The van der Waals surface area contributed by atoms with E-state index < -0.39 is 0 Å². The van der Waals surface area contributed by atoms with Gasteiger partial charge in [0.05, 0.1) is 14.2 Å². The van der Waals surface area contributed by atoms with Gasteiger partial charge in [0.2, 0.25) is 0 Å². The summed E-state index contributed by atoms with van der Waals surface area (Å²) in [7, 11) is 5.27. The van der Waals surface area contributed by atoms with Gasteiger partial charge < -0.3 is 19.7 Å². The van der Waals surface area contributed by atoms with Gasteiger partial charge in [0.25, 0.3) is 0 Å². The second kappa shape index (κ2) is 9.51. The van der Waals surface area contributed by atoms with Gasteiger partial charge in [-0.1, -0.05) is 13.8 Å². The standard InChI is InChI=1S/C19H32N4O2/c1-15(2)13-21-19(20-3)23-10-8-22(9-11-23)14-16-12-17(24-4)6-7-18(16)25-5/h6-7,12,15H,8-11,13-14H2,1-5H3,(H,20,21). The van der Waals surface area contributed by atoms with Gasteiger partial charge in [-0.2, -0.15) is 0 Å². The van der Waals surface area contributed by atoms with E-state index in [2.05, 4.69) is 40.0 Å². The molecule has 0 saturated carbocycles. The Labute approximate surface area is 151 Å². The molecule has 0 unspecified atom stereocenters. The summed E-state index contributed by atoms with van der Waals surface area (Å²) in [6.07, 6.45) is 0. The third kappa shape index (κ3) is 5.53. The van der Waals surface area contributed by atoms with Crippen molar-refractivity contribution in [2.75, 3.05) is 54.0 Å². The molecule has 0 radical (unpaired) electrons. The lowest BCUT2D eigenvalue weighted by Crippen LogP contribution is -2.52. The molecule has 1 aromatic rings. The van der Waals surface area contributed by atoms with Crippen molar-refractivity contribution in [3.63, 3.8) is 0 Å². The van der Waals surface area contributed by atoms with E-state index >= 15 is 0 Å². The largest absolute Gasteiger partial charge is 0.497 e. The van der Waals surface area contributed by atoms with Gasteiger partial charge in [0.1, 0.15) is 11.5 Å². The SMILES string of the molecule is CN=C(NCC(C)C)N1CCN(Cc2cc(OC)ccc2OC)CC1. The maximum atomic E-state index is 5.50. The average molecular weight is 348 g/mol. The molecule has 0 spiro atoms. The Bertz CT molecular complexity index is 567. The Balaban J connectivity index is 1.92. The first-order valence-electron chi connectivity index (χ1n) is 8.96. The lowest BCUT2D eigenvalue weighted by Gasteiger charge is -2.36. The van der Waals surface area contributed by atoms with Crippen LogP contribution in [-0.2, 0) is 6.54 Å². The zero-order chi connectivity index (χ0) is 18.2. The molecule has 6 heteroatoms. The topological polar surface area (TPSA) is 49.3 Å². The van der Waals surface area contributed by atoms with E-state index in [0.717, 1.165) is 62.3 Å². The van der Waals surface area contributed by atoms with Crippen molar-refractivity contribution in [2.45, 2.75) is 20.4 Å². The van der Waals surface area contributed by atoms with E-state index in [-0.39, 0.29) is 0 Å². The Kier molecular flexibility index (Phi) is 7.37. The van der Waals surface area contributed by atoms with Gasteiger partial charge in [-0.15, -0.1) is 0 Å². The highest BCUT2D eigenvalue weighted by atomic mass is 16.5. The molecule has 0 amide bonds. The molecule has 1 saturated heterocycles. The van der Waals surface area contributed by atoms with Crippen molar-refractivity contribution >= 4 is 5.96 Å². The van der Waals surface area contributed by atoms with Crippen molar-refractivity contribution in [2.24, 2.45) is 10.9 Å². The van der Waals surface area contributed by atoms with Gasteiger partial charge in [0.15, 0.2) is 5.96 Å². The number of ether oxygens (including phenoxy) is 2. The second-order valence-electron chi connectivity index (χ2n) is 6.76. The predicted molar refractivity (Wildman–Crippen MR) is 103 cm³/mol. The lowest BCUT2D eigenvalue weighted by atomic mass is 10.1. The quantitative estimate of drug-likeness (QED) is 0.630. The number of hydrogen-bond acceptors (Lipinski definition) is 4. The molecular formula is C19H32N4O2. The number of nitrogens with one attached hydrogen (secondary N) is 1. The highest BCUT2D eigenvalue weighted by molar-refractivity contribution is 5.80. The summed E-state index contributed by atoms with van der Waals surface area (Å²) in [4.78, 5) is 9.20. The van der Waals surface area contributed by atoms with Gasteiger partial charge in [-0.25, -0.2) is 0 Å². The second-order valence-corrected chi connectivity index (χ2v) is 6.76. The summed E-state index contributed by atoms with van der Waals surface area (Å²) in [5.74, 6) is 3.40. The summed E-state index contributed by atoms with van der Waals surface area (Å²) in [6.45, 7) is 10.2. The summed E-state index contributed by atoms with van der Waals surface area (Å²) in [5.41, 5.74) is 1.16. The number of nitrogens with zero attached hydrogens (tertiary/aromatic N) is 3. The summed E-state index contributed by atoms with van der Waals surface area (Å²) in [5, 5.41) is 3.46. The molecule has 1 aliphatic rings. The number of methoxy groups -OCH3 is 2. The molecule has 0 atom stereocenters. The third-order valence-electron chi connectivity index (χ3n) is 4.43. The van der Waals surface area contributed by atoms with Gasteiger partial charge in [0, 0.05) is 51.9 Å². The smallest absolute Gasteiger partial charge is 0.193 e. The van der Waals surface area contributed by atoms with Gasteiger partial charge in [-0.3, -0.25) is 9.89 Å². The van der Waals surface area contributed by atoms with E-state index in [0.29, 0.717) is 5.92 Å². The van der Waals surface area contributed by atoms with Crippen LogP contribution in [0.3, 0.4) is 0 Å². The maximum absolute atomic E-state index is 5.50. The summed E-state index contributed by atoms with van der Waals surface area (Å²) in [6, 6.07) is 5.97. The fraction of sp³-hybridized carbons (Fsp3) is 0.632. The molecule has 2 rings (SSSR count). The van der Waals surface area contributed by atoms with Crippen molar-refractivity contribution in [1.82, 2.24) is 15.1 Å². The molecule has 6 nitrogen and oxygen atoms in total. The first-order chi connectivity index (χ1) is 12.1. The fourth-order valence-corrected chi connectivity index (χ4v) is 2.99. The molecule has 1 N–H and O–H groups in total. The van der Waals surface area contributed by atoms with Crippen LogP contribution in [0.5, 0.6) is 11.5 Å².